The zero-order valence-electron chi connectivity index (χ0n) is 12.5. The monoisotopic (exact) mass is 272 g/mol. The van der Waals surface area contributed by atoms with E-state index in [1.807, 2.05) is 31.3 Å². The molecule has 0 aliphatic heterocycles. The van der Waals surface area contributed by atoms with Gasteiger partial charge in [0.05, 0.1) is 17.2 Å². The van der Waals surface area contributed by atoms with E-state index in [9.17, 15) is 5.11 Å². The lowest BCUT2D eigenvalue weighted by Crippen LogP contribution is -2.43. The number of nitriles is 1. The highest BCUT2D eigenvalue weighted by atomic mass is 16.3. The predicted molar refractivity (Wildman–Crippen MR) is 80.1 cm³/mol. The smallest absolute Gasteiger partial charge is 0.0991 e. The van der Waals surface area contributed by atoms with Crippen LogP contribution in [0.25, 0.3) is 0 Å². The Morgan fingerprint density at radius 3 is 2.45 bits per heavy atom. The Morgan fingerprint density at radius 2 is 1.90 bits per heavy atom. The van der Waals surface area contributed by atoms with Crippen molar-refractivity contribution in [1.82, 2.24) is 4.90 Å². The molecule has 1 aliphatic rings. The van der Waals surface area contributed by atoms with Crippen molar-refractivity contribution in [2.24, 2.45) is 5.92 Å². The minimum atomic E-state index is -0.520. The van der Waals surface area contributed by atoms with Crippen molar-refractivity contribution in [2.75, 3.05) is 13.6 Å². The quantitative estimate of drug-likeness (QED) is 0.916. The van der Waals surface area contributed by atoms with Crippen LogP contribution in [0.5, 0.6) is 0 Å². The van der Waals surface area contributed by atoms with Gasteiger partial charge in [-0.05, 0) is 56.3 Å². The largest absolute Gasteiger partial charge is 0.389 e. The van der Waals surface area contributed by atoms with E-state index in [-0.39, 0.29) is 0 Å². The Hall–Kier alpha value is -1.37. The van der Waals surface area contributed by atoms with Gasteiger partial charge in [0, 0.05) is 13.1 Å². The maximum absolute atomic E-state index is 10.6. The molecule has 20 heavy (non-hydrogen) atoms. The van der Waals surface area contributed by atoms with E-state index in [0.717, 1.165) is 44.7 Å². The summed E-state index contributed by atoms with van der Waals surface area (Å²) in [5.74, 6) is 0.749. The van der Waals surface area contributed by atoms with Crippen LogP contribution in [0, 0.1) is 17.2 Å². The topological polar surface area (TPSA) is 47.3 Å². The van der Waals surface area contributed by atoms with Crippen molar-refractivity contribution >= 4 is 0 Å². The fourth-order valence-electron chi connectivity index (χ4n) is 3.01. The highest BCUT2D eigenvalue weighted by molar-refractivity contribution is 5.31. The molecule has 108 valence electrons. The molecule has 1 saturated carbocycles. The molecule has 1 fully saturated rings. The highest BCUT2D eigenvalue weighted by Crippen LogP contribution is 2.32. The fourth-order valence-corrected chi connectivity index (χ4v) is 3.01. The van der Waals surface area contributed by atoms with Crippen molar-refractivity contribution in [3.63, 3.8) is 0 Å². The zero-order chi connectivity index (χ0) is 14.6. The van der Waals surface area contributed by atoms with Crippen LogP contribution in [0.15, 0.2) is 24.3 Å². The molecule has 0 spiro atoms. The number of rotatable bonds is 4. The van der Waals surface area contributed by atoms with Gasteiger partial charge in [-0.3, -0.25) is 4.90 Å². The molecule has 0 saturated heterocycles. The van der Waals surface area contributed by atoms with Crippen LogP contribution in [0.2, 0.25) is 0 Å². The molecule has 3 heteroatoms. The third-order valence-corrected chi connectivity index (χ3v) is 4.30. The molecular weight excluding hydrogens is 248 g/mol. The van der Waals surface area contributed by atoms with Gasteiger partial charge in [-0.2, -0.15) is 5.26 Å². The first kappa shape index (κ1) is 15.0. The zero-order valence-corrected chi connectivity index (χ0v) is 12.5. The number of likely N-dealkylation sites (N-methyl/N-ethyl adjacent to an activating group) is 1. The number of aliphatic hydroxyl groups is 1. The summed E-state index contributed by atoms with van der Waals surface area (Å²) >= 11 is 0. The summed E-state index contributed by atoms with van der Waals surface area (Å²) in [5, 5.41) is 19.4. The van der Waals surface area contributed by atoms with E-state index in [1.54, 1.807) is 0 Å². The molecule has 0 heterocycles. The maximum Gasteiger partial charge on any atom is 0.0991 e. The first-order chi connectivity index (χ1) is 9.50. The number of hydrogen-bond donors (Lipinski definition) is 1. The molecule has 0 atom stereocenters. The van der Waals surface area contributed by atoms with Crippen molar-refractivity contribution in [3.8, 4) is 6.07 Å². The van der Waals surface area contributed by atoms with Gasteiger partial charge in [-0.15, -0.1) is 0 Å². The van der Waals surface area contributed by atoms with Crippen molar-refractivity contribution in [2.45, 2.75) is 44.8 Å². The van der Waals surface area contributed by atoms with Crippen LogP contribution >= 0.6 is 0 Å². The Morgan fingerprint density at radius 1 is 1.30 bits per heavy atom. The lowest BCUT2D eigenvalue weighted by atomic mass is 9.79. The van der Waals surface area contributed by atoms with Crippen molar-refractivity contribution < 1.29 is 5.11 Å². The molecule has 0 radical (unpaired) electrons. The van der Waals surface area contributed by atoms with Crippen LogP contribution in [0.1, 0.15) is 43.7 Å². The normalized spacial score (nSPS) is 26.4. The van der Waals surface area contributed by atoms with Crippen LogP contribution in [0.3, 0.4) is 0 Å². The molecule has 0 amide bonds. The molecule has 0 unspecified atom stereocenters. The van der Waals surface area contributed by atoms with Gasteiger partial charge in [-0.1, -0.05) is 19.1 Å². The van der Waals surface area contributed by atoms with E-state index in [4.69, 9.17) is 5.26 Å². The number of benzene rings is 1. The van der Waals surface area contributed by atoms with E-state index < -0.39 is 5.60 Å². The van der Waals surface area contributed by atoms with Gasteiger partial charge in [0.15, 0.2) is 0 Å². The third kappa shape index (κ3) is 4.06. The van der Waals surface area contributed by atoms with Crippen molar-refractivity contribution in [1.29, 1.82) is 5.26 Å². The Kier molecular flexibility index (Phi) is 4.80. The molecule has 1 aromatic carbocycles. The van der Waals surface area contributed by atoms with Gasteiger partial charge in [0.1, 0.15) is 0 Å². The summed E-state index contributed by atoms with van der Waals surface area (Å²) in [4.78, 5) is 2.18. The second-order valence-corrected chi connectivity index (χ2v) is 6.39. The summed E-state index contributed by atoms with van der Waals surface area (Å²) in [7, 11) is 2.05. The Bertz CT molecular complexity index is 467. The highest BCUT2D eigenvalue weighted by Gasteiger charge is 2.32. The lowest BCUT2D eigenvalue weighted by molar-refractivity contribution is -0.0315. The van der Waals surface area contributed by atoms with Gasteiger partial charge in [-0.25, -0.2) is 0 Å². The van der Waals surface area contributed by atoms with Crippen LogP contribution in [0.4, 0.5) is 0 Å². The molecule has 0 bridgehead atoms. The lowest BCUT2D eigenvalue weighted by Gasteiger charge is -2.37. The van der Waals surface area contributed by atoms with Gasteiger partial charge < -0.3 is 5.11 Å². The Balaban J connectivity index is 1.88. The Labute approximate surface area is 121 Å². The summed E-state index contributed by atoms with van der Waals surface area (Å²) in [6, 6.07) is 9.80. The minimum absolute atomic E-state index is 0.520. The summed E-state index contributed by atoms with van der Waals surface area (Å²) in [6.45, 7) is 3.79. The van der Waals surface area contributed by atoms with E-state index in [1.165, 1.54) is 5.56 Å². The molecule has 1 aliphatic carbocycles. The average Bonchev–Trinajstić information content (AvgIpc) is 2.43. The van der Waals surface area contributed by atoms with Crippen molar-refractivity contribution in [3.05, 3.63) is 35.4 Å². The molecule has 0 aromatic heterocycles. The maximum atomic E-state index is 10.6. The van der Waals surface area contributed by atoms with E-state index in [2.05, 4.69) is 17.9 Å². The molecule has 2 rings (SSSR count). The standard InChI is InChI=1S/C17H24N2O/c1-14-7-9-17(20,10-8-14)13-19(2)12-16-5-3-15(11-18)4-6-16/h3-6,14,20H,7-10,12-13H2,1-2H3. The average molecular weight is 272 g/mol. The minimum Gasteiger partial charge on any atom is -0.389 e. The number of hydrogen-bond acceptors (Lipinski definition) is 3. The molecule has 1 aromatic rings. The third-order valence-electron chi connectivity index (χ3n) is 4.30. The van der Waals surface area contributed by atoms with Gasteiger partial charge >= 0.3 is 0 Å². The molecular formula is C17H24N2O. The summed E-state index contributed by atoms with van der Waals surface area (Å²) < 4.78 is 0. The second kappa shape index (κ2) is 6.39. The summed E-state index contributed by atoms with van der Waals surface area (Å²) in [5.41, 5.74) is 1.35. The van der Waals surface area contributed by atoms with Crippen LogP contribution < -0.4 is 0 Å². The first-order valence-corrected chi connectivity index (χ1v) is 7.41. The van der Waals surface area contributed by atoms with Crippen LogP contribution in [-0.4, -0.2) is 29.2 Å². The number of nitrogens with zero attached hydrogens (tertiary/aromatic N) is 2. The van der Waals surface area contributed by atoms with Gasteiger partial charge in [0.2, 0.25) is 0 Å². The van der Waals surface area contributed by atoms with E-state index >= 15 is 0 Å². The predicted octanol–water partition coefficient (Wildman–Crippen LogP) is 2.93. The molecule has 3 nitrogen and oxygen atoms in total. The van der Waals surface area contributed by atoms with E-state index in [0.29, 0.717) is 5.56 Å². The first-order valence-electron chi connectivity index (χ1n) is 7.41. The summed E-state index contributed by atoms with van der Waals surface area (Å²) in [6.07, 6.45) is 4.07. The fraction of sp³-hybridized carbons (Fsp3) is 0.588. The SMILES string of the molecule is CC1CCC(O)(CN(C)Cc2ccc(C#N)cc2)CC1. The second-order valence-electron chi connectivity index (χ2n) is 6.39. The van der Waals surface area contributed by atoms with Crippen LogP contribution in [-0.2, 0) is 6.54 Å². The van der Waals surface area contributed by atoms with Gasteiger partial charge in [0.25, 0.3) is 0 Å². The molecule has 1 N–H and O–H groups in total.